The number of nitrogens with one attached hydrogen (secondary N) is 1. The number of benzene rings is 1. The van der Waals surface area contributed by atoms with Gasteiger partial charge in [-0.2, -0.15) is 13.1 Å². The summed E-state index contributed by atoms with van der Waals surface area (Å²) in [7, 11) is -2.05. The Bertz CT molecular complexity index is 499. The molecule has 0 amide bonds. The zero-order valence-corrected chi connectivity index (χ0v) is 9.87. The second kappa shape index (κ2) is 3.73. The fourth-order valence-corrected chi connectivity index (χ4v) is 2.82. The lowest BCUT2D eigenvalue weighted by atomic mass is 9.94. The van der Waals surface area contributed by atoms with Crippen molar-refractivity contribution in [3.8, 4) is 5.75 Å². The predicted octanol–water partition coefficient (Wildman–Crippen LogP) is 0.775. The van der Waals surface area contributed by atoms with Gasteiger partial charge < -0.3 is 4.74 Å². The average molecular weight is 243 g/mol. The Morgan fingerprint density at radius 3 is 2.81 bits per heavy atom. The highest BCUT2D eigenvalue weighted by atomic mass is 32.2. The standard InChI is InChI=1S/C10H13NO4S/c1-10(7-15-16(12,13)11-10)8-4-3-5-9(6-8)14-2/h3-6,11H,7H2,1-2H3/t10-/m0/s1. The molecule has 0 unspecified atom stereocenters. The van der Waals surface area contributed by atoms with Crippen LogP contribution in [0.2, 0.25) is 0 Å². The summed E-state index contributed by atoms with van der Waals surface area (Å²) >= 11 is 0. The number of hydrogen-bond acceptors (Lipinski definition) is 4. The molecule has 0 aromatic heterocycles. The van der Waals surface area contributed by atoms with E-state index in [1.165, 1.54) is 0 Å². The SMILES string of the molecule is COc1cccc([C@]2(C)COS(=O)(=O)N2)c1. The molecule has 0 saturated carbocycles. The molecule has 1 aliphatic rings. The van der Waals surface area contributed by atoms with Crippen molar-refractivity contribution in [3.63, 3.8) is 0 Å². The third kappa shape index (κ3) is 2.04. The summed E-state index contributed by atoms with van der Waals surface area (Å²) in [5.41, 5.74) is 0.0841. The predicted molar refractivity (Wildman–Crippen MR) is 58.4 cm³/mol. The zero-order chi connectivity index (χ0) is 11.8. The Morgan fingerprint density at radius 1 is 1.50 bits per heavy atom. The molecule has 1 heterocycles. The van der Waals surface area contributed by atoms with Crippen molar-refractivity contribution >= 4 is 10.3 Å². The molecule has 88 valence electrons. The van der Waals surface area contributed by atoms with Crippen molar-refractivity contribution in [1.29, 1.82) is 0 Å². The smallest absolute Gasteiger partial charge is 0.336 e. The summed E-state index contributed by atoms with van der Waals surface area (Å²) in [4.78, 5) is 0. The molecule has 1 aliphatic heterocycles. The van der Waals surface area contributed by atoms with E-state index in [-0.39, 0.29) is 6.61 Å². The monoisotopic (exact) mass is 243 g/mol. The Labute approximate surface area is 94.6 Å². The van der Waals surface area contributed by atoms with Crippen LogP contribution in [0.1, 0.15) is 12.5 Å². The first-order valence-electron chi connectivity index (χ1n) is 4.78. The van der Waals surface area contributed by atoms with Gasteiger partial charge in [0, 0.05) is 0 Å². The Balaban J connectivity index is 2.37. The molecule has 1 N–H and O–H groups in total. The summed E-state index contributed by atoms with van der Waals surface area (Å²) in [6.07, 6.45) is 0. The molecule has 1 saturated heterocycles. The van der Waals surface area contributed by atoms with Crippen LogP contribution in [0.25, 0.3) is 0 Å². The van der Waals surface area contributed by atoms with E-state index in [4.69, 9.17) is 8.92 Å². The Hall–Kier alpha value is -1.11. The van der Waals surface area contributed by atoms with Crippen LogP contribution in [-0.2, 0) is 20.0 Å². The minimum atomic E-state index is -3.61. The van der Waals surface area contributed by atoms with E-state index in [1.54, 1.807) is 26.2 Å². The fourth-order valence-electron chi connectivity index (χ4n) is 1.64. The average Bonchev–Trinajstić information content (AvgIpc) is 2.55. The molecule has 16 heavy (non-hydrogen) atoms. The highest BCUT2D eigenvalue weighted by molar-refractivity contribution is 7.85. The third-order valence-corrected chi connectivity index (χ3v) is 3.69. The second-order valence-electron chi connectivity index (χ2n) is 3.88. The highest BCUT2D eigenvalue weighted by Gasteiger charge is 2.40. The Kier molecular flexibility index (Phi) is 2.65. The molecule has 0 radical (unpaired) electrons. The lowest BCUT2D eigenvalue weighted by Crippen LogP contribution is -2.37. The van der Waals surface area contributed by atoms with Gasteiger partial charge in [-0.25, -0.2) is 0 Å². The lowest BCUT2D eigenvalue weighted by molar-refractivity contribution is 0.285. The number of rotatable bonds is 2. The van der Waals surface area contributed by atoms with Crippen LogP contribution in [0.15, 0.2) is 24.3 Å². The van der Waals surface area contributed by atoms with Crippen LogP contribution < -0.4 is 9.46 Å². The van der Waals surface area contributed by atoms with Gasteiger partial charge in [0.05, 0.1) is 19.3 Å². The third-order valence-electron chi connectivity index (χ3n) is 2.56. The molecular weight excluding hydrogens is 230 g/mol. The molecule has 1 fully saturated rings. The van der Waals surface area contributed by atoms with Crippen LogP contribution in [0.4, 0.5) is 0 Å². The van der Waals surface area contributed by atoms with Crippen molar-refractivity contribution in [2.45, 2.75) is 12.5 Å². The van der Waals surface area contributed by atoms with Gasteiger partial charge in [-0.15, -0.1) is 0 Å². The minimum Gasteiger partial charge on any atom is -0.497 e. The van der Waals surface area contributed by atoms with Crippen LogP contribution in [0.3, 0.4) is 0 Å². The summed E-state index contributed by atoms with van der Waals surface area (Å²) in [5, 5.41) is 0. The maximum absolute atomic E-state index is 11.2. The number of ether oxygens (including phenoxy) is 1. The van der Waals surface area contributed by atoms with Crippen molar-refractivity contribution in [1.82, 2.24) is 4.72 Å². The van der Waals surface area contributed by atoms with Gasteiger partial charge in [-0.05, 0) is 24.6 Å². The van der Waals surface area contributed by atoms with Crippen molar-refractivity contribution < 1.29 is 17.3 Å². The van der Waals surface area contributed by atoms with Gasteiger partial charge in [0.2, 0.25) is 0 Å². The molecule has 1 atom stereocenters. The second-order valence-corrected chi connectivity index (χ2v) is 5.23. The van der Waals surface area contributed by atoms with E-state index in [0.29, 0.717) is 5.75 Å². The van der Waals surface area contributed by atoms with E-state index < -0.39 is 15.8 Å². The van der Waals surface area contributed by atoms with E-state index in [0.717, 1.165) is 5.56 Å². The van der Waals surface area contributed by atoms with Crippen molar-refractivity contribution in [2.75, 3.05) is 13.7 Å². The number of hydrogen-bond donors (Lipinski definition) is 1. The van der Waals surface area contributed by atoms with E-state index in [9.17, 15) is 8.42 Å². The first-order valence-corrected chi connectivity index (χ1v) is 6.19. The summed E-state index contributed by atoms with van der Waals surface area (Å²) in [5.74, 6) is 0.685. The lowest BCUT2D eigenvalue weighted by Gasteiger charge is -2.21. The van der Waals surface area contributed by atoms with Gasteiger partial charge in [-0.3, -0.25) is 4.18 Å². The topological polar surface area (TPSA) is 64.6 Å². The first-order chi connectivity index (χ1) is 7.45. The Morgan fingerprint density at radius 2 is 2.25 bits per heavy atom. The van der Waals surface area contributed by atoms with Gasteiger partial charge in [-0.1, -0.05) is 12.1 Å². The number of methoxy groups -OCH3 is 1. The molecular formula is C10H13NO4S. The van der Waals surface area contributed by atoms with Gasteiger partial charge >= 0.3 is 10.3 Å². The van der Waals surface area contributed by atoms with E-state index >= 15 is 0 Å². The quantitative estimate of drug-likeness (QED) is 0.833. The van der Waals surface area contributed by atoms with E-state index in [2.05, 4.69) is 4.72 Å². The largest absolute Gasteiger partial charge is 0.497 e. The molecule has 1 aromatic carbocycles. The van der Waals surface area contributed by atoms with Crippen molar-refractivity contribution in [2.24, 2.45) is 0 Å². The van der Waals surface area contributed by atoms with Gasteiger partial charge in [0.15, 0.2) is 0 Å². The van der Waals surface area contributed by atoms with Crippen LogP contribution in [0, 0.1) is 0 Å². The maximum Gasteiger partial charge on any atom is 0.336 e. The van der Waals surface area contributed by atoms with Gasteiger partial charge in [0.25, 0.3) is 0 Å². The maximum atomic E-state index is 11.2. The minimum absolute atomic E-state index is 0.0858. The summed E-state index contributed by atoms with van der Waals surface area (Å²) < 4.78 is 34.7. The molecule has 0 aliphatic carbocycles. The summed E-state index contributed by atoms with van der Waals surface area (Å²) in [6.45, 7) is 1.86. The normalized spacial score (nSPS) is 27.9. The summed E-state index contributed by atoms with van der Waals surface area (Å²) in [6, 6.07) is 7.24. The van der Waals surface area contributed by atoms with E-state index in [1.807, 2.05) is 12.1 Å². The molecule has 0 spiro atoms. The van der Waals surface area contributed by atoms with Crippen molar-refractivity contribution in [3.05, 3.63) is 29.8 Å². The van der Waals surface area contributed by atoms with Crippen LogP contribution in [0.5, 0.6) is 5.75 Å². The highest BCUT2D eigenvalue weighted by Crippen LogP contribution is 2.29. The first kappa shape index (κ1) is 11.4. The fraction of sp³-hybridized carbons (Fsp3) is 0.400. The van der Waals surface area contributed by atoms with Gasteiger partial charge in [0.1, 0.15) is 5.75 Å². The van der Waals surface area contributed by atoms with Crippen LogP contribution in [-0.4, -0.2) is 22.1 Å². The molecule has 2 rings (SSSR count). The molecule has 0 bridgehead atoms. The molecule has 1 aromatic rings. The zero-order valence-electron chi connectivity index (χ0n) is 9.06. The molecule has 6 heteroatoms. The van der Waals surface area contributed by atoms with Crippen LogP contribution >= 0.6 is 0 Å². The molecule has 5 nitrogen and oxygen atoms in total.